The van der Waals surface area contributed by atoms with Crippen molar-refractivity contribution in [2.24, 2.45) is 0 Å². The van der Waals surface area contributed by atoms with Crippen molar-refractivity contribution < 1.29 is 19.4 Å². The Kier molecular flexibility index (Phi) is 7.50. The third-order valence-corrected chi connectivity index (χ3v) is 3.46. The van der Waals surface area contributed by atoms with Crippen LogP contribution in [0.5, 0.6) is 0 Å². The van der Waals surface area contributed by atoms with E-state index in [1.165, 1.54) is 0 Å². The summed E-state index contributed by atoms with van der Waals surface area (Å²) in [4.78, 5) is 28.8. The van der Waals surface area contributed by atoms with Crippen molar-refractivity contribution in [2.45, 2.75) is 6.92 Å². The highest BCUT2D eigenvalue weighted by molar-refractivity contribution is 5.79. The van der Waals surface area contributed by atoms with Crippen LogP contribution in [0.3, 0.4) is 0 Å². The highest BCUT2D eigenvalue weighted by Crippen LogP contribution is 2.03. The van der Waals surface area contributed by atoms with Gasteiger partial charge in [-0.05, 0) is 0 Å². The van der Waals surface area contributed by atoms with Gasteiger partial charge in [-0.2, -0.15) is 0 Å². The fraction of sp³-hybridized carbons (Fsp3) is 0.846. The molecule has 1 heterocycles. The number of ether oxygens (including phenoxy) is 1. The average Bonchev–Trinajstić information content (AvgIpc) is 2.45. The molecule has 0 aromatic heterocycles. The topological polar surface area (TPSA) is 73.3 Å². The summed E-state index contributed by atoms with van der Waals surface area (Å²) in [5.74, 6) is 0.0943. The van der Waals surface area contributed by atoms with E-state index in [1.807, 2.05) is 4.90 Å². The number of hydrogen-bond donors (Lipinski definition) is 1. The quantitative estimate of drug-likeness (QED) is 0.625. The van der Waals surface area contributed by atoms with E-state index in [4.69, 9.17) is 9.84 Å². The molecule has 0 spiro atoms. The van der Waals surface area contributed by atoms with E-state index in [2.05, 4.69) is 0 Å². The fourth-order valence-corrected chi connectivity index (χ4v) is 2.19. The molecule has 0 saturated carbocycles. The van der Waals surface area contributed by atoms with Gasteiger partial charge in [0, 0.05) is 53.3 Å². The van der Waals surface area contributed by atoms with E-state index >= 15 is 0 Å². The minimum absolute atomic E-state index is 0.0229. The Balaban J connectivity index is 2.39. The van der Waals surface area contributed by atoms with Crippen LogP contribution in [0.4, 0.5) is 0 Å². The number of amides is 2. The Morgan fingerprint density at radius 3 is 2.25 bits per heavy atom. The van der Waals surface area contributed by atoms with Crippen molar-refractivity contribution in [3.8, 4) is 0 Å². The SMILES string of the molecule is COCCN(CCO)CC(=O)N1CCN(C(C)=O)CC1. The molecule has 0 radical (unpaired) electrons. The first-order valence-electron chi connectivity index (χ1n) is 6.94. The summed E-state index contributed by atoms with van der Waals surface area (Å²) in [6.07, 6.45) is 0. The van der Waals surface area contributed by atoms with Crippen molar-refractivity contribution in [1.82, 2.24) is 14.7 Å². The summed E-state index contributed by atoms with van der Waals surface area (Å²) in [5.41, 5.74) is 0. The van der Waals surface area contributed by atoms with Gasteiger partial charge >= 0.3 is 0 Å². The van der Waals surface area contributed by atoms with E-state index in [0.29, 0.717) is 45.9 Å². The molecule has 1 fully saturated rings. The average molecular weight is 287 g/mol. The minimum atomic E-state index is 0.0229. The Morgan fingerprint density at radius 2 is 1.75 bits per heavy atom. The Morgan fingerprint density at radius 1 is 1.15 bits per heavy atom. The van der Waals surface area contributed by atoms with Crippen LogP contribution in [0.1, 0.15) is 6.92 Å². The molecule has 1 N–H and O–H groups in total. The lowest BCUT2D eigenvalue weighted by atomic mass is 10.3. The number of methoxy groups -OCH3 is 1. The first-order chi connectivity index (χ1) is 9.58. The Labute approximate surface area is 120 Å². The molecule has 1 aliphatic rings. The van der Waals surface area contributed by atoms with Crippen LogP contribution in [-0.4, -0.2) is 97.8 Å². The molecule has 2 amide bonds. The number of rotatable bonds is 7. The second kappa shape index (κ2) is 8.89. The number of carbonyl (C=O) groups excluding carboxylic acids is 2. The normalized spacial score (nSPS) is 15.8. The van der Waals surface area contributed by atoms with Gasteiger partial charge in [0.25, 0.3) is 0 Å². The molecular weight excluding hydrogens is 262 g/mol. The predicted molar refractivity (Wildman–Crippen MR) is 74.2 cm³/mol. The van der Waals surface area contributed by atoms with Crippen molar-refractivity contribution in [2.75, 3.05) is 66.1 Å². The molecule has 0 bridgehead atoms. The van der Waals surface area contributed by atoms with Gasteiger partial charge in [0.2, 0.25) is 11.8 Å². The summed E-state index contributed by atoms with van der Waals surface area (Å²) in [6, 6.07) is 0. The molecule has 0 aromatic rings. The molecule has 1 rings (SSSR count). The van der Waals surface area contributed by atoms with Crippen LogP contribution >= 0.6 is 0 Å². The van der Waals surface area contributed by atoms with Crippen LogP contribution in [0.2, 0.25) is 0 Å². The third-order valence-electron chi connectivity index (χ3n) is 3.46. The second-order valence-corrected chi connectivity index (χ2v) is 4.88. The maximum Gasteiger partial charge on any atom is 0.236 e. The van der Waals surface area contributed by atoms with Gasteiger partial charge in [-0.1, -0.05) is 0 Å². The van der Waals surface area contributed by atoms with Crippen LogP contribution < -0.4 is 0 Å². The molecule has 0 unspecified atom stereocenters. The Hall–Kier alpha value is -1.18. The molecule has 1 saturated heterocycles. The maximum absolute atomic E-state index is 12.2. The zero-order valence-electron chi connectivity index (χ0n) is 12.4. The summed E-state index contributed by atoms with van der Waals surface area (Å²) < 4.78 is 4.99. The molecule has 116 valence electrons. The lowest BCUT2D eigenvalue weighted by molar-refractivity contribution is -0.139. The third kappa shape index (κ3) is 5.44. The maximum atomic E-state index is 12.2. The zero-order valence-corrected chi connectivity index (χ0v) is 12.4. The van der Waals surface area contributed by atoms with E-state index < -0.39 is 0 Å². The van der Waals surface area contributed by atoms with Crippen LogP contribution in [0.25, 0.3) is 0 Å². The van der Waals surface area contributed by atoms with E-state index in [1.54, 1.807) is 23.8 Å². The highest BCUT2D eigenvalue weighted by Gasteiger charge is 2.23. The van der Waals surface area contributed by atoms with Gasteiger partial charge in [-0.3, -0.25) is 14.5 Å². The van der Waals surface area contributed by atoms with Gasteiger partial charge in [-0.15, -0.1) is 0 Å². The number of aliphatic hydroxyl groups excluding tert-OH is 1. The minimum Gasteiger partial charge on any atom is -0.395 e. The molecule has 0 aliphatic carbocycles. The fourth-order valence-electron chi connectivity index (χ4n) is 2.19. The lowest BCUT2D eigenvalue weighted by Gasteiger charge is -2.35. The molecule has 0 aromatic carbocycles. The standard InChI is InChI=1S/C13H25N3O4/c1-12(18)15-3-5-16(6-4-15)13(19)11-14(7-9-17)8-10-20-2/h17H,3-11H2,1-2H3. The molecular formula is C13H25N3O4. The van der Waals surface area contributed by atoms with Crippen LogP contribution in [-0.2, 0) is 14.3 Å². The zero-order chi connectivity index (χ0) is 15.0. The lowest BCUT2D eigenvalue weighted by Crippen LogP contribution is -2.52. The molecule has 7 nitrogen and oxygen atoms in total. The summed E-state index contributed by atoms with van der Waals surface area (Å²) in [5, 5.41) is 9.00. The number of nitrogens with zero attached hydrogens (tertiary/aromatic N) is 3. The largest absolute Gasteiger partial charge is 0.395 e. The second-order valence-electron chi connectivity index (χ2n) is 4.88. The van der Waals surface area contributed by atoms with Gasteiger partial charge < -0.3 is 19.6 Å². The van der Waals surface area contributed by atoms with E-state index in [9.17, 15) is 9.59 Å². The van der Waals surface area contributed by atoms with Crippen molar-refractivity contribution in [3.05, 3.63) is 0 Å². The smallest absolute Gasteiger partial charge is 0.236 e. The van der Waals surface area contributed by atoms with Gasteiger partial charge in [0.15, 0.2) is 0 Å². The molecule has 20 heavy (non-hydrogen) atoms. The van der Waals surface area contributed by atoms with Crippen LogP contribution in [0, 0.1) is 0 Å². The molecule has 1 aliphatic heterocycles. The number of carbonyl (C=O) groups is 2. The van der Waals surface area contributed by atoms with E-state index in [0.717, 1.165) is 0 Å². The summed E-state index contributed by atoms with van der Waals surface area (Å²) in [6.45, 7) is 5.82. The van der Waals surface area contributed by atoms with Crippen molar-refractivity contribution >= 4 is 11.8 Å². The van der Waals surface area contributed by atoms with Gasteiger partial charge in [0.05, 0.1) is 19.8 Å². The Bertz CT molecular complexity index is 317. The van der Waals surface area contributed by atoms with Gasteiger partial charge in [0.1, 0.15) is 0 Å². The van der Waals surface area contributed by atoms with Gasteiger partial charge in [-0.25, -0.2) is 0 Å². The van der Waals surface area contributed by atoms with Crippen molar-refractivity contribution in [3.63, 3.8) is 0 Å². The highest BCUT2D eigenvalue weighted by atomic mass is 16.5. The van der Waals surface area contributed by atoms with E-state index in [-0.39, 0.29) is 25.0 Å². The monoisotopic (exact) mass is 287 g/mol. The number of aliphatic hydroxyl groups is 1. The summed E-state index contributed by atoms with van der Waals surface area (Å²) in [7, 11) is 1.61. The molecule has 0 atom stereocenters. The van der Waals surface area contributed by atoms with Crippen LogP contribution in [0.15, 0.2) is 0 Å². The van der Waals surface area contributed by atoms with Crippen molar-refractivity contribution in [1.29, 1.82) is 0 Å². The first-order valence-corrected chi connectivity index (χ1v) is 6.94. The predicted octanol–water partition coefficient (Wildman–Crippen LogP) is -1.38. The molecule has 7 heteroatoms. The summed E-state index contributed by atoms with van der Waals surface area (Å²) >= 11 is 0. The number of hydrogen-bond acceptors (Lipinski definition) is 5. The number of piperazine rings is 1. The first kappa shape index (κ1) is 16.9.